The minimum Gasteiger partial charge on any atom is -0.497 e. The van der Waals surface area contributed by atoms with E-state index in [4.69, 9.17) is 30.5 Å². The summed E-state index contributed by atoms with van der Waals surface area (Å²) in [7, 11) is 4.34. The average Bonchev–Trinajstić information content (AvgIpc) is 2.91. The van der Waals surface area contributed by atoms with Gasteiger partial charge in [0.2, 0.25) is 0 Å². The molecule has 0 bridgehead atoms. The van der Waals surface area contributed by atoms with Gasteiger partial charge in [-0.1, -0.05) is 23.7 Å². The maximum absolute atomic E-state index is 12.5. The van der Waals surface area contributed by atoms with Gasteiger partial charge in [0.15, 0.2) is 11.5 Å². The summed E-state index contributed by atoms with van der Waals surface area (Å²) >= 11 is 6.06. The van der Waals surface area contributed by atoms with Gasteiger partial charge in [0.25, 0.3) is 0 Å². The van der Waals surface area contributed by atoms with Crippen LogP contribution in [0, 0.1) is 0 Å². The maximum Gasteiger partial charge on any atom is 0.345 e. The van der Waals surface area contributed by atoms with Gasteiger partial charge in [-0.2, -0.15) is 5.10 Å². The second-order valence-corrected chi connectivity index (χ2v) is 7.80. The number of nitrogens with zero attached hydrogens (tertiary/aromatic N) is 1. The number of halogens is 1. The number of benzene rings is 3. The molecular formula is C26H24ClN3O7. The number of hydrogen-bond acceptors (Lipinski definition) is 8. The van der Waals surface area contributed by atoms with Crippen molar-refractivity contribution in [3.05, 3.63) is 76.8 Å². The van der Waals surface area contributed by atoms with Crippen molar-refractivity contribution in [1.29, 1.82) is 0 Å². The molecule has 0 heterocycles. The minimum absolute atomic E-state index is 0.167. The van der Waals surface area contributed by atoms with E-state index in [-0.39, 0.29) is 27.8 Å². The Labute approximate surface area is 218 Å². The van der Waals surface area contributed by atoms with Crippen molar-refractivity contribution >= 4 is 40.8 Å². The first kappa shape index (κ1) is 27.0. The van der Waals surface area contributed by atoms with Crippen molar-refractivity contribution in [3.63, 3.8) is 0 Å². The van der Waals surface area contributed by atoms with Gasteiger partial charge in [-0.3, -0.25) is 9.59 Å². The SMILES string of the molecule is COc1ccc(NC(=O)C(=O)N/N=C(\C)c2ccc(OC(=O)c3ccccc3Cl)c(OC)c2)c(OC)c1. The normalized spacial score (nSPS) is 10.8. The van der Waals surface area contributed by atoms with Crippen LogP contribution in [0.5, 0.6) is 23.0 Å². The van der Waals surface area contributed by atoms with Crippen molar-refractivity contribution in [3.8, 4) is 23.0 Å². The molecule has 3 rings (SSSR count). The van der Waals surface area contributed by atoms with E-state index in [0.717, 1.165) is 0 Å². The Bertz CT molecular complexity index is 1360. The number of hydrogen-bond donors (Lipinski definition) is 2. The Morgan fingerprint density at radius 2 is 1.54 bits per heavy atom. The smallest absolute Gasteiger partial charge is 0.345 e. The lowest BCUT2D eigenvalue weighted by molar-refractivity contribution is -0.136. The maximum atomic E-state index is 12.5. The molecule has 37 heavy (non-hydrogen) atoms. The van der Waals surface area contributed by atoms with Gasteiger partial charge in [-0.25, -0.2) is 10.2 Å². The van der Waals surface area contributed by atoms with Gasteiger partial charge >= 0.3 is 17.8 Å². The quantitative estimate of drug-likeness (QED) is 0.149. The number of amides is 2. The van der Waals surface area contributed by atoms with Crippen molar-refractivity contribution in [2.45, 2.75) is 6.92 Å². The van der Waals surface area contributed by atoms with Gasteiger partial charge in [-0.05, 0) is 49.4 Å². The lowest BCUT2D eigenvalue weighted by Crippen LogP contribution is -2.33. The summed E-state index contributed by atoms with van der Waals surface area (Å²) in [5.41, 5.74) is 3.62. The Morgan fingerprint density at radius 1 is 0.811 bits per heavy atom. The number of anilines is 1. The summed E-state index contributed by atoms with van der Waals surface area (Å²) in [6, 6.07) is 15.9. The molecule has 10 nitrogen and oxygen atoms in total. The zero-order valence-electron chi connectivity index (χ0n) is 20.5. The van der Waals surface area contributed by atoms with Crippen LogP contribution in [0.4, 0.5) is 5.69 Å². The number of methoxy groups -OCH3 is 3. The lowest BCUT2D eigenvalue weighted by Gasteiger charge is -2.12. The van der Waals surface area contributed by atoms with E-state index < -0.39 is 17.8 Å². The first-order valence-electron chi connectivity index (χ1n) is 10.8. The molecule has 0 spiro atoms. The van der Waals surface area contributed by atoms with E-state index in [0.29, 0.717) is 22.8 Å². The second-order valence-electron chi connectivity index (χ2n) is 7.39. The molecule has 0 aliphatic carbocycles. The highest BCUT2D eigenvalue weighted by molar-refractivity contribution is 6.39. The molecule has 0 radical (unpaired) electrons. The highest BCUT2D eigenvalue weighted by Crippen LogP contribution is 2.30. The third-order valence-corrected chi connectivity index (χ3v) is 5.40. The van der Waals surface area contributed by atoms with E-state index >= 15 is 0 Å². The molecule has 0 fully saturated rings. The van der Waals surface area contributed by atoms with Crippen LogP contribution in [-0.2, 0) is 9.59 Å². The predicted molar refractivity (Wildman–Crippen MR) is 138 cm³/mol. The fraction of sp³-hybridized carbons (Fsp3) is 0.154. The third-order valence-electron chi connectivity index (χ3n) is 5.07. The summed E-state index contributed by atoms with van der Waals surface area (Å²) in [5, 5.41) is 6.70. The van der Waals surface area contributed by atoms with Gasteiger partial charge < -0.3 is 24.3 Å². The van der Waals surface area contributed by atoms with Crippen LogP contribution < -0.4 is 29.7 Å². The summed E-state index contributed by atoms with van der Waals surface area (Å²) < 4.78 is 21.1. The molecule has 0 aliphatic heterocycles. The summed E-state index contributed by atoms with van der Waals surface area (Å²) in [4.78, 5) is 37.1. The molecular weight excluding hydrogens is 502 g/mol. The second kappa shape index (κ2) is 12.4. The number of carbonyl (C=O) groups is 3. The zero-order chi connectivity index (χ0) is 26.9. The lowest BCUT2D eigenvalue weighted by atomic mass is 10.1. The van der Waals surface area contributed by atoms with Gasteiger partial charge in [0.05, 0.1) is 43.3 Å². The molecule has 0 saturated heterocycles. The third kappa shape index (κ3) is 6.77. The van der Waals surface area contributed by atoms with Crippen LogP contribution in [0.1, 0.15) is 22.8 Å². The van der Waals surface area contributed by atoms with Crippen molar-refractivity contribution in [1.82, 2.24) is 5.43 Å². The van der Waals surface area contributed by atoms with E-state index in [2.05, 4.69) is 15.8 Å². The first-order chi connectivity index (χ1) is 17.8. The molecule has 2 N–H and O–H groups in total. The van der Waals surface area contributed by atoms with Gasteiger partial charge in [0, 0.05) is 11.6 Å². The molecule has 0 saturated carbocycles. The van der Waals surface area contributed by atoms with E-state index in [1.165, 1.54) is 27.4 Å². The fourth-order valence-electron chi connectivity index (χ4n) is 3.09. The molecule has 11 heteroatoms. The van der Waals surface area contributed by atoms with Crippen LogP contribution in [0.2, 0.25) is 5.02 Å². The molecule has 192 valence electrons. The van der Waals surface area contributed by atoms with Gasteiger partial charge in [-0.15, -0.1) is 0 Å². The Balaban J connectivity index is 1.68. The fourth-order valence-corrected chi connectivity index (χ4v) is 3.30. The largest absolute Gasteiger partial charge is 0.497 e. The minimum atomic E-state index is -0.991. The number of rotatable bonds is 8. The highest BCUT2D eigenvalue weighted by Gasteiger charge is 2.18. The summed E-state index contributed by atoms with van der Waals surface area (Å²) in [5.74, 6) is -1.31. The topological polar surface area (TPSA) is 125 Å². The number of carbonyl (C=O) groups excluding carboxylic acids is 3. The molecule has 0 unspecified atom stereocenters. The van der Waals surface area contributed by atoms with E-state index in [1.54, 1.807) is 61.5 Å². The molecule has 0 atom stereocenters. The summed E-state index contributed by atoms with van der Waals surface area (Å²) in [6.07, 6.45) is 0. The monoisotopic (exact) mass is 525 g/mol. The number of ether oxygens (including phenoxy) is 4. The number of esters is 1. The van der Waals surface area contributed by atoms with Crippen LogP contribution in [0.15, 0.2) is 65.8 Å². The zero-order valence-corrected chi connectivity index (χ0v) is 21.2. The molecule has 0 aromatic heterocycles. The molecule has 3 aromatic carbocycles. The van der Waals surface area contributed by atoms with Crippen molar-refractivity contribution in [2.75, 3.05) is 26.6 Å². The molecule has 3 aromatic rings. The van der Waals surface area contributed by atoms with Crippen LogP contribution >= 0.6 is 11.6 Å². The van der Waals surface area contributed by atoms with Crippen molar-refractivity contribution in [2.24, 2.45) is 5.10 Å². The van der Waals surface area contributed by atoms with E-state index in [9.17, 15) is 14.4 Å². The highest BCUT2D eigenvalue weighted by atomic mass is 35.5. The standard InChI is InChI=1S/C26H24ClN3O7/c1-15(29-30-25(32)24(31)28-20-11-10-17(34-2)14-22(20)35-3)16-9-12-21(23(13-16)36-4)37-26(33)18-7-5-6-8-19(18)27/h5-14H,1-4H3,(H,28,31)(H,30,32)/b29-15+. The Morgan fingerprint density at radius 3 is 2.22 bits per heavy atom. The van der Waals surface area contributed by atoms with Crippen LogP contribution in [0.3, 0.4) is 0 Å². The number of hydrazone groups is 1. The average molecular weight is 526 g/mol. The summed E-state index contributed by atoms with van der Waals surface area (Å²) in [6.45, 7) is 1.62. The van der Waals surface area contributed by atoms with Gasteiger partial charge in [0.1, 0.15) is 11.5 Å². The molecule has 2 amide bonds. The molecule has 0 aliphatic rings. The predicted octanol–water partition coefficient (Wildman–Crippen LogP) is 4.06. The van der Waals surface area contributed by atoms with Crippen LogP contribution in [0.25, 0.3) is 0 Å². The van der Waals surface area contributed by atoms with E-state index in [1.807, 2.05) is 0 Å². The Kier molecular flexibility index (Phi) is 9.06. The van der Waals surface area contributed by atoms with Crippen molar-refractivity contribution < 1.29 is 33.3 Å². The Hall–Kier alpha value is -4.57. The van der Waals surface area contributed by atoms with Crippen LogP contribution in [-0.4, -0.2) is 44.8 Å². The number of nitrogens with one attached hydrogen (secondary N) is 2. The first-order valence-corrected chi connectivity index (χ1v) is 11.2.